The van der Waals surface area contributed by atoms with Crippen LogP contribution >= 0.6 is 0 Å². The lowest BCUT2D eigenvalue weighted by Crippen LogP contribution is -2.50. The van der Waals surface area contributed by atoms with Crippen molar-refractivity contribution in [3.8, 4) is 0 Å². The summed E-state index contributed by atoms with van der Waals surface area (Å²) < 4.78 is 10.6. The molecule has 2 N–H and O–H groups in total. The van der Waals surface area contributed by atoms with Crippen LogP contribution in [0.3, 0.4) is 0 Å². The zero-order valence-electron chi connectivity index (χ0n) is 12.9. The lowest BCUT2D eigenvalue weighted by molar-refractivity contribution is -0.0479. The summed E-state index contributed by atoms with van der Waals surface area (Å²) in [5.74, 6) is -0.356. The number of pyridine rings is 1. The number of methoxy groups -OCH3 is 1. The number of carbonyl (C=O) groups excluding carboxylic acids is 1. The Kier molecular flexibility index (Phi) is 4.80. The van der Waals surface area contributed by atoms with E-state index >= 15 is 0 Å². The summed E-state index contributed by atoms with van der Waals surface area (Å²) in [7, 11) is 1.59. The molecule has 2 rings (SSSR count). The average Bonchev–Trinajstić information content (AvgIpc) is 2.45. The van der Waals surface area contributed by atoms with Crippen molar-refractivity contribution in [2.24, 2.45) is 0 Å². The molecule has 1 fully saturated rings. The number of aromatic amines is 1. The normalized spacial score (nSPS) is 22.1. The molecule has 0 spiro atoms. The second-order valence-electron chi connectivity index (χ2n) is 5.42. The number of carbonyl (C=O) groups is 1. The van der Waals surface area contributed by atoms with Crippen LogP contribution in [0.2, 0.25) is 0 Å². The van der Waals surface area contributed by atoms with E-state index in [9.17, 15) is 9.59 Å². The molecular weight excluding hydrogens is 272 g/mol. The maximum absolute atomic E-state index is 12.5. The fraction of sp³-hybridized carbons (Fsp3) is 0.600. The summed E-state index contributed by atoms with van der Waals surface area (Å²) in [6.45, 7) is 6.54. The summed E-state index contributed by atoms with van der Waals surface area (Å²) >= 11 is 0. The molecule has 1 aliphatic heterocycles. The minimum atomic E-state index is -0.356. The molecule has 1 saturated heterocycles. The second-order valence-corrected chi connectivity index (χ2v) is 5.42. The average molecular weight is 294 g/mol. The van der Waals surface area contributed by atoms with Crippen molar-refractivity contribution < 1.29 is 14.3 Å². The Hall–Kier alpha value is -1.66. The Morgan fingerprint density at radius 3 is 2.71 bits per heavy atom. The van der Waals surface area contributed by atoms with E-state index in [2.05, 4.69) is 10.3 Å². The molecule has 2 atom stereocenters. The van der Waals surface area contributed by atoms with E-state index in [1.165, 1.54) is 0 Å². The molecule has 0 bridgehead atoms. The zero-order chi connectivity index (χ0) is 15.6. The Bertz CT molecular complexity index is 594. The highest BCUT2D eigenvalue weighted by Gasteiger charge is 2.28. The number of aryl methyl sites for hydroxylation is 1. The summed E-state index contributed by atoms with van der Waals surface area (Å²) in [6.07, 6.45) is 0.486. The topological polar surface area (TPSA) is 80.4 Å². The molecule has 21 heavy (non-hydrogen) atoms. The number of hydrogen-bond donors (Lipinski definition) is 2. The predicted octanol–water partition coefficient (Wildman–Crippen LogP) is 0.834. The minimum absolute atomic E-state index is 0.142. The molecule has 0 aromatic carbocycles. The Balaban J connectivity index is 2.25. The van der Waals surface area contributed by atoms with E-state index in [4.69, 9.17) is 9.47 Å². The first-order valence-electron chi connectivity index (χ1n) is 7.07. The lowest BCUT2D eigenvalue weighted by Gasteiger charge is -2.31. The summed E-state index contributed by atoms with van der Waals surface area (Å²) in [5.41, 5.74) is 2.26. The number of aromatic nitrogens is 1. The van der Waals surface area contributed by atoms with Crippen LogP contribution in [0.15, 0.2) is 4.79 Å². The number of hydrogen-bond acceptors (Lipinski definition) is 4. The van der Waals surface area contributed by atoms with Gasteiger partial charge in [-0.05, 0) is 38.3 Å². The summed E-state index contributed by atoms with van der Waals surface area (Å²) in [6, 6.07) is -0.142. The van der Waals surface area contributed by atoms with Crippen molar-refractivity contribution in [2.45, 2.75) is 39.3 Å². The van der Waals surface area contributed by atoms with Gasteiger partial charge >= 0.3 is 0 Å². The van der Waals surface area contributed by atoms with Crippen LogP contribution in [0.5, 0.6) is 0 Å². The fourth-order valence-electron chi connectivity index (χ4n) is 2.59. The molecule has 0 aliphatic carbocycles. The molecule has 6 heteroatoms. The van der Waals surface area contributed by atoms with Crippen molar-refractivity contribution in [2.75, 3.05) is 20.3 Å². The molecular formula is C15H22N2O4. The second kappa shape index (κ2) is 6.41. The van der Waals surface area contributed by atoms with Gasteiger partial charge in [0.15, 0.2) is 0 Å². The van der Waals surface area contributed by atoms with Crippen LogP contribution in [-0.2, 0) is 9.47 Å². The van der Waals surface area contributed by atoms with E-state index in [0.717, 1.165) is 16.8 Å². The van der Waals surface area contributed by atoms with Gasteiger partial charge in [-0.25, -0.2) is 0 Å². The zero-order valence-corrected chi connectivity index (χ0v) is 12.9. The highest BCUT2D eigenvalue weighted by Crippen LogP contribution is 2.14. The maximum atomic E-state index is 12.5. The van der Waals surface area contributed by atoms with Gasteiger partial charge in [-0.3, -0.25) is 9.59 Å². The van der Waals surface area contributed by atoms with E-state index in [0.29, 0.717) is 19.6 Å². The van der Waals surface area contributed by atoms with Crippen molar-refractivity contribution >= 4 is 5.91 Å². The van der Waals surface area contributed by atoms with Gasteiger partial charge in [0.2, 0.25) is 0 Å². The predicted molar refractivity (Wildman–Crippen MR) is 78.8 cm³/mol. The van der Waals surface area contributed by atoms with Crippen molar-refractivity contribution in [3.63, 3.8) is 0 Å². The number of amides is 1. The highest BCUT2D eigenvalue weighted by molar-refractivity contribution is 5.95. The molecule has 1 aliphatic rings. The Morgan fingerprint density at radius 1 is 1.33 bits per heavy atom. The van der Waals surface area contributed by atoms with E-state index in [1.54, 1.807) is 14.0 Å². The van der Waals surface area contributed by atoms with Crippen LogP contribution in [0.1, 0.15) is 33.6 Å². The first-order chi connectivity index (χ1) is 9.95. The molecule has 0 unspecified atom stereocenters. The SMILES string of the molecule is CO[C@@H]1COCC[C@H]1NC(=O)c1c(C)c(C)c(C)[nH]c1=O. The largest absolute Gasteiger partial charge is 0.379 e. The van der Waals surface area contributed by atoms with Gasteiger partial charge in [-0.1, -0.05) is 0 Å². The molecule has 116 valence electrons. The van der Waals surface area contributed by atoms with E-state index in [1.807, 2.05) is 13.8 Å². The van der Waals surface area contributed by atoms with Crippen LogP contribution in [0.4, 0.5) is 0 Å². The van der Waals surface area contributed by atoms with Gasteiger partial charge in [0.25, 0.3) is 11.5 Å². The molecule has 0 saturated carbocycles. The summed E-state index contributed by atoms with van der Waals surface area (Å²) in [4.78, 5) is 27.2. The van der Waals surface area contributed by atoms with Gasteiger partial charge < -0.3 is 19.8 Å². The molecule has 2 heterocycles. The number of rotatable bonds is 3. The molecule has 6 nitrogen and oxygen atoms in total. The molecule has 1 aromatic heterocycles. The third kappa shape index (κ3) is 3.16. The molecule has 1 aromatic rings. The molecule has 0 radical (unpaired) electrons. The number of nitrogens with one attached hydrogen (secondary N) is 2. The minimum Gasteiger partial charge on any atom is -0.379 e. The Morgan fingerprint density at radius 2 is 2.05 bits per heavy atom. The van der Waals surface area contributed by atoms with Crippen LogP contribution < -0.4 is 10.9 Å². The van der Waals surface area contributed by atoms with Gasteiger partial charge in [0, 0.05) is 19.4 Å². The number of H-pyrrole nitrogens is 1. The van der Waals surface area contributed by atoms with Gasteiger partial charge in [-0.2, -0.15) is 0 Å². The highest BCUT2D eigenvalue weighted by atomic mass is 16.5. The van der Waals surface area contributed by atoms with Gasteiger partial charge in [0.05, 0.1) is 12.6 Å². The standard InChI is InChI=1S/C15H22N2O4/c1-8-9(2)13(14(18)16-10(8)3)15(19)17-11-5-6-21-7-12(11)20-4/h11-12H,5-7H2,1-4H3,(H,16,18)(H,17,19)/t11-,12-/m1/s1. The van der Waals surface area contributed by atoms with Crippen LogP contribution in [0.25, 0.3) is 0 Å². The first-order valence-corrected chi connectivity index (χ1v) is 7.07. The van der Waals surface area contributed by atoms with Gasteiger partial charge in [0.1, 0.15) is 11.7 Å². The van der Waals surface area contributed by atoms with Crippen molar-refractivity contribution in [1.82, 2.24) is 10.3 Å². The fourth-order valence-corrected chi connectivity index (χ4v) is 2.59. The van der Waals surface area contributed by atoms with Gasteiger partial charge in [-0.15, -0.1) is 0 Å². The first kappa shape index (κ1) is 15.7. The maximum Gasteiger partial charge on any atom is 0.261 e. The third-order valence-electron chi connectivity index (χ3n) is 4.18. The molecule has 1 amide bonds. The van der Waals surface area contributed by atoms with Crippen LogP contribution in [0, 0.1) is 20.8 Å². The smallest absolute Gasteiger partial charge is 0.261 e. The summed E-state index contributed by atoms with van der Waals surface area (Å²) in [5, 5.41) is 2.90. The lowest BCUT2D eigenvalue weighted by atomic mass is 10.0. The van der Waals surface area contributed by atoms with E-state index < -0.39 is 0 Å². The third-order valence-corrected chi connectivity index (χ3v) is 4.18. The quantitative estimate of drug-likeness (QED) is 0.865. The monoisotopic (exact) mass is 294 g/mol. The van der Waals surface area contributed by atoms with Crippen LogP contribution in [-0.4, -0.2) is 43.4 Å². The number of ether oxygens (including phenoxy) is 2. The Labute approximate surface area is 123 Å². The van der Waals surface area contributed by atoms with Crippen molar-refractivity contribution in [3.05, 3.63) is 32.7 Å². The van der Waals surface area contributed by atoms with Crippen molar-refractivity contribution in [1.29, 1.82) is 0 Å². The van der Waals surface area contributed by atoms with E-state index in [-0.39, 0.29) is 29.2 Å².